The summed E-state index contributed by atoms with van der Waals surface area (Å²) in [5.41, 5.74) is 1.73. The molecule has 2 aromatic rings. The van der Waals surface area contributed by atoms with Crippen LogP contribution >= 0.6 is 31.9 Å². The molecule has 0 N–H and O–H groups in total. The zero-order valence-electron chi connectivity index (χ0n) is 9.91. The second-order valence-corrected chi connectivity index (χ2v) is 5.49. The van der Waals surface area contributed by atoms with Crippen LogP contribution in [0.5, 0.6) is 5.75 Å². The van der Waals surface area contributed by atoms with E-state index in [1.807, 2.05) is 24.3 Å². The molecule has 0 radical (unpaired) electrons. The van der Waals surface area contributed by atoms with Crippen molar-refractivity contribution in [1.29, 1.82) is 0 Å². The maximum Gasteiger partial charge on any atom is 0.265 e. The van der Waals surface area contributed by atoms with Crippen molar-refractivity contribution < 1.29 is 4.74 Å². The Morgan fingerprint density at radius 3 is 2.28 bits per heavy atom. The van der Waals surface area contributed by atoms with Gasteiger partial charge in [-0.2, -0.15) is 0 Å². The fraction of sp³-hybridized carbons (Fsp3) is 0.154. The summed E-state index contributed by atoms with van der Waals surface area (Å²) in [5.74, 6) is 0.789. The summed E-state index contributed by atoms with van der Waals surface area (Å²) in [6.45, 7) is 0. The highest BCUT2D eigenvalue weighted by molar-refractivity contribution is 9.11. The molecule has 0 atom stereocenters. The van der Waals surface area contributed by atoms with E-state index >= 15 is 0 Å². The van der Waals surface area contributed by atoms with Gasteiger partial charge in [0.15, 0.2) is 0 Å². The third kappa shape index (κ3) is 2.37. The monoisotopic (exact) mass is 371 g/mol. The Labute approximate surface area is 122 Å². The summed E-state index contributed by atoms with van der Waals surface area (Å²) in [5, 5.41) is 0. The number of nitrogens with zero attached hydrogens (tertiary/aromatic N) is 1. The van der Waals surface area contributed by atoms with Gasteiger partial charge in [-0.15, -0.1) is 0 Å². The summed E-state index contributed by atoms with van der Waals surface area (Å²) in [6, 6.07) is 9.35. The topological polar surface area (TPSA) is 31.2 Å². The Hall–Kier alpha value is -1.07. The molecule has 0 saturated carbocycles. The maximum absolute atomic E-state index is 11.9. The highest BCUT2D eigenvalue weighted by Crippen LogP contribution is 2.29. The molecule has 0 aliphatic rings. The summed E-state index contributed by atoms with van der Waals surface area (Å²) < 4.78 is 8.13. The minimum atomic E-state index is -0.0657. The Morgan fingerprint density at radius 2 is 1.72 bits per heavy atom. The van der Waals surface area contributed by atoms with E-state index in [4.69, 9.17) is 4.74 Å². The lowest BCUT2D eigenvalue weighted by Gasteiger charge is -2.12. The highest BCUT2D eigenvalue weighted by atomic mass is 79.9. The van der Waals surface area contributed by atoms with E-state index in [0.29, 0.717) is 4.47 Å². The lowest BCUT2D eigenvalue weighted by molar-refractivity contribution is 0.415. The highest BCUT2D eigenvalue weighted by Gasteiger charge is 2.11. The molecule has 0 aliphatic carbocycles. The third-order valence-electron chi connectivity index (χ3n) is 2.69. The van der Waals surface area contributed by atoms with E-state index in [2.05, 4.69) is 31.9 Å². The van der Waals surface area contributed by atoms with Crippen LogP contribution in [0.4, 0.5) is 0 Å². The molecule has 1 aromatic heterocycles. The lowest BCUT2D eigenvalue weighted by Crippen LogP contribution is -2.19. The van der Waals surface area contributed by atoms with Crippen molar-refractivity contribution >= 4 is 31.9 Å². The minimum Gasteiger partial charge on any atom is -0.497 e. The van der Waals surface area contributed by atoms with Gasteiger partial charge in [0.1, 0.15) is 5.75 Å². The first kappa shape index (κ1) is 13.4. The van der Waals surface area contributed by atoms with E-state index in [9.17, 15) is 4.79 Å². The van der Waals surface area contributed by atoms with E-state index in [1.165, 1.54) is 0 Å². The predicted molar refractivity (Wildman–Crippen MR) is 79.1 cm³/mol. The van der Waals surface area contributed by atoms with Crippen molar-refractivity contribution in [2.24, 2.45) is 7.05 Å². The average molecular weight is 373 g/mol. The number of methoxy groups -OCH3 is 1. The standard InChI is InChI=1S/C13H11Br2NO2/c1-16-12(10(14)7-11(15)13(16)17)8-3-5-9(18-2)6-4-8/h3-7H,1-2H3. The van der Waals surface area contributed by atoms with Gasteiger partial charge in [0, 0.05) is 11.5 Å². The van der Waals surface area contributed by atoms with Crippen LogP contribution in [0.15, 0.2) is 44.1 Å². The first-order valence-electron chi connectivity index (χ1n) is 5.24. The molecule has 0 unspecified atom stereocenters. The summed E-state index contributed by atoms with van der Waals surface area (Å²) in [6.07, 6.45) is 0. The first-order valence-corrected chi connectivity index (χ1v) is 6.82. The average Bonchev–Trinajstić information content (AvgIpc) is 2.37. The fourth-order valence-electron chi connectivity index (χ4n) is 1.74. The van der Waals surface area contributed by atoms with E-state index in [0.717, 1.165) is 21.5 Å². The van der Waals surface area contributed by atoms with Gasteiger partial charge in [-0.1, -0.05) is 0 Å². The number of halogens is 2. The molecule has 5 heteroatoms. The molecule has 0 bridgehead atoms. The predicted octanol–water partition coefficient (Wildman–Crippen LogP) is 3.59. The van der Waals surface area contributed by atoms with E-state index in [1.54, 1.807) is 24.8 Å². The molecule has 1 aromatic carbocycles. The maximum atomic E-state index is 11.9. The molecule has 94 valence electrons. The molecule has 0 fully saturated rings. The van der Waals surface area contributed by atoms with Crippen molar-refractivity contribution in [1.82, 2.24) is 4.57 Å². The Balaban J connectivity index is 2.63. The van der Waals surface area contributed by atoms with Crippen molar-refractivity contribution in [3.8, 4) is 17.0 Å². The smallest absolute Gasteiger partial charge is 0.265 e. The van der Waals surface area contributed by atoms with Gasteiger partial charge < -0.3 is 9.30 Å². The van der Waals surface area contributed by atoms with Gasteiger partial charge in [0.05, 0.1) is 17.3 Å². The van der Waals surface area contributed by atoms with Gasteiger partial charge in [-0.05, 0) is 67.8 Å². The number of pyridine rings is 1. The Bertz CT molecular complexity index is 633. The molecule has 1 heterocycles. The van der Waals surface area contributed by atoms with Crippen LogP contribution in [-0.4, -0.2) is 11.7 Å². The molecule has 0 amide bonds. The molecule has 0 spiro atoms. The van der Waals surface area contributed by atoms with Crippen LogP contribution < -0.4 is 10.3 Å². The van der Waals surface area contributed by atoms with Crippen molar-refractivity contribution in [2.75, 3.05) is 7.11 Å². The normalized spacial score (nSPS) is 10.4. The number of ether oxygens (including phenoxy) is 1. The molecule has 2 rings (SSSR count). The minimum absolute atomic E-state index is 0.0657. The number of hydrogen-bond acceptors (Lipinski definition) is 2. The molecule has 18 heavy (non-hydrogen) atoms. The third-order valence-corrected chi connectivity index (χ3v) is 3.86. The molecular weight excluding hydrogens is 362 g/mol. The number of hydrogen-bond donors (Lipinski definition) is 0. The molecule has 0 saturated heterocycles. The van der Waals surface area contributed by atoms with Crippen LogP contribution in [0.25, 0.3) is 11.3 Å². The molecule has 0 aliphatic heterocycles. The van der Waals surface area contributed by atoms with Crippen molar-refractivity contribution in [2.45, 2.75) is 0 Å². The summed E-state index contributed by atoms with van der Waals surface area (Å²) in [4.78, 5) is 11.9. The molecular formula is C13H11Br2NO2. The van der Waals surface area contributed by atoms with Crippen LogP contribution in [0, 0.1) is 0 Å². The zero-order chi connectivity index (χ0) is 13.3. The Morgan fingerprint density at radius 1 is 1.11 bits per heavy atom. The lowest BCUT2D eigenvalue weighted by atomic mass is 10.1. The second kappa shape index (κ2) is 5.28. The van der Waals surface area contributed by atoms with Gasteiger partial charge in [-0.25, -0.2) is 0 Å². The van der Waals surface area contributed by atoms with Gasteiger partial charge in [-0.3, -0.25) is 4.79 Å². The van der Waals surface area contributed by atoms with Crippen LogP contribution in [0.3, 0.4) is 0 Å². The number of aromatic nitrogens is 1. The van der Waals surface area contributed by atoms with Crippen LogP contribution in [0.2, 0.25) is 0 Å². The summed E-state index contributed by atoms with van der Waals surface area (Å²) >= 11 is 6.73. The number of benzene rings is 1. The van der Waals surface area contributed by atoms with Gasteiger partial charge in [0.25, 0.3) is 5.56 Å². The zero-order valence-corrected chi connectivity index (χ0v) is 13.1. The van der Waals surface area contributed by atoms with Crippen LogP contribution in [0.1, 0.15) is 0 Å². The first-order chi connectivity index (χ1) is 8.54. The van der Waals surface area contributed by atoms with Crippen molar-refractivity contribution in [3.05, 3.63) is 49.6 Å². The quantitative estimate of drug-likeness (QED) is 0.806. The number of rotatable bonds is 2. The largest absolute Gasteiger partial charge is 0.497 e. The fourth-order valence-corrected chi connectivity index (χ4v) is 3.27. The second-order valence-electron chi connectivity index (χ2n) is 3.78. The van der Waals surface area contributed by atoms with Gasteiger partial charge in [0.2, 0.25) is 0 Å². The van der Waals surface area contributed by atoms with E-state index < -0.39 is 0 Å². The van der Waals surface area contributed by atoms with E-state index in [-0.39, 0.29) is 5.56 Å². The summed E-state index contributed by atoms with van der Waals surface area (Å²) in [7, 11) is 3.37. The Kier molecular flexibility index (Phi) is 3.92. The molecule has 3 nitrogen and oxygen atoms in total. The van der Waals surface area contributed by atoms with Crippen molar-refractivity contribution in [3.63, 3.8) is 0 Å². The van der Waals surface area contributed by atoms with Gasteiger partial charge >= 0.3 is 0 Å². The van der Waals surface area contributed by atoms with Crippen LogP contribution in [-0.2, 0) is 7.05 Å². The SMILES string of the molecule is COc1ccc(-c2c(Br)cc(Br)c(=O)n2C)cc1.